The first-order chi connectivity index (χ1) is 13.5. The van der Waals surface area contributed by atoms with E-state index in [1.165, 1.54) is 0 Å². The molecule has 0 radical (unpaired) electrons. The minimum Gasteiger partial charge on any atom is -0.507 e. The normalized spacial score (nSPS) is 28.1. The monoisotopic (exact) mass is 376 g/mol. The SMILES string of the molecule is C[C@@]12CCC(N1)[C@@H](F)/C(=C\c1cnc(-c3cc4ccncc4cc3O)cn1)C2. The molecular formula is C22H21FN4O. The van der Waals surface area contributed by atoms with Crippen molar-refractivity contribution in [2.75, 3.05) is 0 Å². The summed E-state index contributed by atoms with van der Waals surface area (Å²) in [4.78, 5) is 13.0. The number of alkyl halides is 1. The van der Waals surface area contributed by atoms with Crippen molar-refractivity contribution in [2.24, 2.45) is 0 Å². The summed E-state index contributed by atoms with van der Waals surface area (Å²) in [5.74, 6) is 0.132. The van der Waals surface area contributed by atoms with Crippen molar-refractivity contribution in [3.05, 3.63) is 54.3 Å². The van der Waals surface area contributed by atoms with Gasteiger partial charge in [-0.3, -0.25) is 15.0 Å². The third-order valence-electron chi connectivity index (χ3n) is 5.88. The van der Waals surface area contributed by atoms with Crippen molar-refractivity contribution in [1.82, 2.24) is 20.3 Å². The lowest BCUT2D eigenvalue weighted by atomic mass is 9.87. The van der Waals surface area contributed by atoms with Crippen LogP contribution in [-0.4, -0.2) is 37.8 Å². The molecule has 28 heavy (non-hydrogen) atoms. The van der Waals surface area contributed by atoms with Gasteiger partial charge in [0.05, 0.1) is 23.8 Å². The van der Waals surface area contributed by atoms with Crippen LogP contribution in [0.1, 0.15) is 31.9 Å². The van der Waals surface area contributed by atoms with Crippen molar-refractivity contribution in [2.45, 2.75) is 43.9 Å². The number of nitrogens with zero attached hydrogens (tertiary/aromatic N) is 3. The van der Waals surface area contributed by atoms with Crippen molar-refractivity contribution < 1.29 is 9.50 Å². The second kappa shape index (κ2) is 6.34. The van der Waals surface area contributed by atoms with Gasteiger partial charge in [0, 0.05) is 34.9 Å². The Morgan fingerprint density at radius 3 is 2.93 bits per heavy atom. The Bertz CT molecular complexity index is 1080. The number of benzene rings is 1. The molecule has 2 aromatic heterocycles. The molecule has 5 rings (SSSR count). The first-order valence-corrected chi connectivity index (χ1v) is 9.52. The van der Waals surface area contributed by atoms with Gasteiger partial charge >= 0.3 is 0 Å². The van der Waals surface area contributed by atoms with Gasteiger partial charge in [-0.1, -0.05) is 0 Å². The van der Waals surface area contributed by atoms with Crippen LogP contribution in [0.3, 0.4) is 0 Å². The van der Waals surface area contributed by atoms with E-state index < -0.39 is 6.17 Å². The van der Waals surface area contributed by atoms with Crippen LogP contribution in [-0.2, 0) is 0 Å². The van der Waals surface area contributed by atoms with Gasteiger partial charge in [-0.2, -0.15) is 0 Å². The highest BCUT2D eigenvalue weighted by atomic mass is 19.1. The maximum atomic E-state index is 14.7. The van der Waals surface area contributed by atoms with Crippen LogP contribution in [0.2, 0.25) is 0 Å². The van der Waals surface area contributed by atoms with Gasteiger partial charge in [0.2, 0.25) is 0 Å². The lowest BCUT2D eigenvalue weighted by Gasteiger charge is -2.35. The number of phenolic OH excluding ortho intramolecular Hbond substituents is 1. The van der Waals surface area contributed by atoms with Gasteiger partial charge in [0.15, 0.2) is 0 Å². The molecule has 2 saturated heterocycles. The summed E-state index contributed by atoms with van der Waals surface area (Å²) < 4.78 is 14.7. The fourth-order valence-corrected chi connectivity index (χ4v) is 4.43. The van der Waals surface area contributed by atoms with Crippen LogP contribution in [0, 0.1) is 0 Å². The quantitative estimate of drug-likeness (QED) is 0.707. The highest BCUT2D eigenvalue weighted by Crippen LogP contribution is 2.40. The number of piperidine rings is 1. The number of pyridine rings is 1. The molecule has 4 heterocycles. The molecule has 0 saturated carbocycles. The minimum absolute atomic E-state index is 0.0157. The zero-order chi connectivity index (χ0) is 19.3. The van der Waals surface area contributed by atoms with Crippen LogP contribution >= 0.6 is 0 Å². The predicted molar refractivity (Wildman–Crippen MR) is 106 cm³/mol. The number of aromatic nitrogens is 3. The van der Waals surface area contributed by atoms with Crippen molar-refractivity contribution in [3.63, 3.8) is 0 Å². The van der Waals surface area contributed by atoms with E-state index in [1.807, 2.05) is 18.2 Å². The number of fused-ring (bicyclic) bond motifs is 3. The fraction of sp³-hybridized carbons (Fsp3) is 0.318. The molecule has 0 spiro atoms. The maximum absolute atomic E-state index is 14.7. The molecular weight excluding hydrogens is 355 g/mol. The number of rotatable bonds is 2. The molecule has 3 aromatic rings. The molecule has 142 valence electrons. The molecule has 2 aliphatic rings. The summed E-state index contributed by atoms with van der Waals surface area (Å²) in [6.45, 7) is 2.15. The number of aromatic hydroxyl groups is 1. The summed E-state index contributed by atoms with van der Waals surface area (Å²) in [5, 5.41) is 15.6. The summed E-state index contributed by atoms with van der Waals surface area (Å²) >= 11 is 0. The number of nitrogens with one attached hydrogen (secondary N) is 1. The Morgan fingerprint density at radius 1 is 1.21 bits per heavy atom. The molecule has 0 amide bonds. The van der Waals surface area contributed by atoms with Crippen LogP contribution in [0.5, 0.6) is 5.75 Å². The third-order valence-corrected chi connectivity index (χ3v) is 5.88. The summed E-state index contributed by atoms with van der Waals surface area (Å²) in [6.07, 6.45) is 10.1. The number of hydrogen-bond acceptors (Lipinski definition) is 5. The first-order valence-electron chi connectivity index (χ1n) is 9.52. The first kappa shape index (κ1) is 17.3. The molecule has 2 fully saturated rings. The average Bonchev–Trinajstić information content (AvgIpc) is 3.04. The minimum atomic E-state index is -0.977. The van der Waals surface area contributed by atoms with Crippen LogP contribution < -0.4 is 5.32 Å². The topological polar surface area (TPSA) is 70.9 Å². The molecule has 2 N–H and O–H groups in total. The van der Waals surface area contributed by atoms with Crippen molar-refractivity contribution >= 4 is 16.8 Å². The Labute approximate surface area is 162 Å². The zero-order valence-electron chi connectivity index (χ0n) is 15.6. The van der Waals surface area contributed by atoms with E-state index in [9.17, 15) is 9.50 Å². The molecule has 2 bridgehead atoms. The lowest BCUT2D eigenvalue weighted by molar-refractivity contribution is 0.234. The zero-order valence-corrected chi connectivity index (χ0v) is 15.6. The fourth-order valence-electron chi connectivity index (χ4n) is 4.43. The largest absolute Gasteiger partial charge is 0.507 e. The Kier molecular flexibility index (Phi) is 3.91. The van der Waals surface area contributed by atoms with Gasteiger partial charge < -0.3 is 10.4 Å². The second-order valence-electron chi connectivity index (χ2n) is 8.07. The van der Waals surface area contributed by atoms with Gasteiger partial charge in [0.25, 0.3) is 0 Å². The van der Waals surface area contributed by atoms with E-state index in [0.29, 0.717) is 23.4 Å². The Hall–Kier alpha value is -2.86. The van der Waals surface area contributed by atoms with E-state index in [4.69, 9.17) is 0 Å². The van der Waals surface area contributed by atoms with Crippen LogP contribution in [0.25, 0.3) is 28.1 Å². The van der Waals surface area contributed by atoms with Crippen LogP contribution in [0.15, 0.2) is 48.6 Å². The van der Waals surface area contributed by atoms with Crippen molar-refractivity contribution in [1.29, 1.82) is 0 Å². The molecule has 0 aliphatic carbocycles. The third kappa shape index (κ3) is 2.94. The number of phenols is 1. The highest BCUT2D eigenvalue weighted by molar-refractivity contribution is 5.89. The average molecular weight is 376 g/mol. The van der Waals surface area contributed by atoms with E-state index in [2.05, 4.69) is 27.2 Å². The highest BCUT2D eigenvalue weighted by Gasteiger charge is 2.45. The van der Waals surface area contributed by atoms with E-state index in [1.54, 1.807) is 30.9 Å². The number of halogens is 1. The van der Waals surface area contributed by atoms with Gasteiger partial charge in [-0.05, 0) is 61.4 Å². The summed E-state index contributed by atoms with van der Waals surface area (Å²) in [5.41, 5.74) is 2.59. The standard InChI is InChI=1S/C22H21FN4O/c1-22-4-2-18(27-22)21(23)14(9-22)6-16-11-26-19(12-25-16)17-7-13-3-5-24-10-15(13)8-20(17)28/h3,5-8,10-12,18,21,27-28H,2,4,9H2,1H3/b14-6-/t18?,21-,22-/m0/s1. The molecule has 6 heteroatoms. The van der Waals surface area contributed by atoms with E-state index >= 15 is 0 Å². The number of hydrogen-bond donors (Lipinski definition) is 2. The van der Waals surface area contributed by atoms with E-state index in [0.717, 1.165) is 29.2 Å². The Morgan fingerprint density at radius 2 is 2.11 bits per heavy atom. The summed E-state index contributed by atoms with van der Waals surface area (Å²) in [7, 11) is 0. The van der Waals surface area contributed by atoms with Gasteiger partial charge in [-0.15, -0.1) is 0 Å². The molecule has 1 aromatic carbocycles. The molecule has 1 unspecified atom stereocenters. The molecule has 5 nitrogen and oxygen atoms in total. The van der Waals surface area contributed by atoms with E-state index in [-0.39, 0.29) is 17.3 Å². The predicted octanol–water partition coefficient (Wildman–Crippen LogP) is 4.03. The lowest BCUT2D eigenvalue weighted by Crippen LogP contribution is -2.50. The maximum Gasteiger partial charge on any atom is 0.137 e. The van der Waals surface area contributed by atoms with Gasteiger partial charge in [-0.25, -0.2) is 4.39 Å². The molecule has 2 aliphatic heterocycles. The smallest absolute Gasteiger partial charge is 0.137 e. The van der Waals surface area contributed by atoms with Crippen molar-refractivity contribution in [3.8, 4) is 17.0 Å². The van der Waals surface area contributed by atoms with Gasteiger partial charge in [0.1, 0.15) is 11.9 Å². The Balaban J connectivity index is 1.46. The second-order valence-corrected chi connectivity index (χ2v) is 8.07. The van der Waals surface area contributed by atoms with Crippen LogP contribution in [0.4, 0.5) is 4.39 Å². The molecule has 3 atom stereocenters. The summed E-state index contributed by atoms with van der Waals surface area (Å²) in [6, 6.07) is 5.34.